The maximum atomic E-state index is 5.44. The molecule has 1 aliphatic rings. The van der Waals surface area contributed by atoms with Gasteiger partial charge in [0.05, 0.1) is 13.2 Å². The Hall–Kier alpha value is -0.860. The lowest BCUT2D eigenvalue weighted by atomic mass is 10.0. The molecule has 0 bridgehead atoms. The standard InChI is InChI=1S/C16H25NO/c1-2-17-10-6-4-3-5-7-14-8-9-15-12-18-13-16(15)11-14/h8-9,11,17H,2-7,10,12-13H2,1H3. The van der Waals surface area contributed by atoms with Crippen LogP contribution in [0.5, 0.6) is 0 Å². The first kappa shape index (κ1) is 13.6. The van der Waals surface area contributed by atoms with Gasteiger partial charge in [0.1, 0.15) is 0 Å². The van der Waals surface area contributed by atoms with Crippen molar-refractivity contribution in [2.75, 3.05) is 13.1 Å². The average Bonchev–Trinajstić information content (AvgIpc) is 2.85. The Labute approximate surface area is 111 Å². The lowest BCUT2D eigenvalue weighted by molar-refractivity contribution is 0.134. The van der Waals surface area contributed by atoms with Gasteiger partial charge in [-0.3, -0.25) is 0 Å². The fourth-order valence-electron chi connectivity index (χ4n) is 2.49. The summed E-state index contributed by atoms with van der Waals surface area (Å²) in [5.74, 6) is 0. The predicted octanol–water partition coefficient (Wildman–Crippen LogP) is 3.43. The molecule has 2 nitrogen and oxygen atoms in total. The third kappa shape index (κ3) is 4.11. The van der Waals surface area contributed by atoms with E-state index in [4.69, 9.17) is 4.74 Å². The lowest BCUT2D eigenvalue weighted by Crippen LogP contribution is -2.13. The molecule has 0 radical (unpaired) electrons. The molecule has 0 spiro atoms. The maximum absolute atomic E-state index is 5.44. The van der Waals surface area contributed by atoms with E-state index in [9.17, 15) is 0 Å². The quantitative estimate of drug-likeness (QED) is 0.711. The second-order valence-electron chi connectivity index (χ2n) is 5.11. The second-order valence-corrected chi connectivity index (χ2v) is 5.11. The van der Waals surface area contributed by atoms with Crippen molar-refractivity contribution in [3.05, 3.63) is 34.9 Å². The smallest absolute Gasteiger partial charge is 0.0725 e. The molecule has 100 valence electrons. The highest BCUT2D eigenvalue weighted by atomic mass is 16.5. The first-order chi connectivity index (χ1) is 8.90. The van der Waals surface area contributed by atoms with Gasteiger partial charge in [-0.2, -0.15) is 0 Å². The molecule has 0 saturated heterocycles. The van der Waals surface area contributed by atoms with Gasteiger partial charge in [0, 0.05) is 0 Å². The van der Waals surface area contributed by atoms with Gasteiger partial charge in [-0.25, -0.2) is 0 Å². The van der Waals surface area contributed by atoms with Crippen LogP contribution in [0.4, 0.5) is 0 Å². The van der Waals surface area contributed by atoms with Crippen molar-refractivity contribution in [2.24, 2.45) is 0 Å². The fourth-order valence-corrected chi connectivity index (χ4v) is 2.49. The monoisotopic (exact) mass is 247 g/mol. The SMILES string of the molecule is CCNCCCCCCc1ccc2c(c1)COC2. The van der Waals surface area contributed by atoms with Crippen LogP contribution in [0.3, 0.4) is 0 Å². The third-order valence-corrected chi connectivity index (χ3v) is 3.60. The van der Waals surface area contributed by atoms with Crippen LogP contribution in [-0.2, 0) is 24.4 Å². The van der Waals surface area contributed by atoms with Crippen molar-refractivity contribution < 1.29 is 4.74 Å². The molecule has 18 heavy (non-hydrogen) atoms. The maximum Gasteiger partial charge on any atom is 0.0725 e. The molecule has 1 aromatic carbocycles. The molecule has 1 aliphatic heterocycles. The van der Waals surface area contributed by atoms with Crippen LogP contribution in [0.2, 0.25) is 0 Å². The first-order valence-corrected chi connectivity index (χ1v) is 7.29. The summed E-state index contributed by atoms with van der Waals surface area (Å²) >= 11 is 0. The van der Waals surface area contributed by atoms with Crippen LogP contribution in [0.25, 0.3) is 0 Å². The Balaban J connectivity index is 1.62. The van der Waals surface area contributed by atoms with Gasteiger partial charge in [-0.05, 0) is 49.0 Å². The molecule has 0 amide bonds. The van der Waals surface area contributed by atoms with E-state index >= 15 is 0 Å². The molecule has 2 rings (SSSR count). The van der Waals surface area contributed by atoms with Gasteiger partial charge in [0.25, 0.3) is 0 Å². The fraction of sp³-hybridized carbons (Fsp3) is 0.625. The lowest BCUT2D eigenvalue weighted by Gasteiger charge is -2.05. The highest BCUT2D eigenvalue weighted by Gasteiger charge is 2.10. The molecule has 0 atom stereocenters. The number of rotatable bonds is 8. The van der Waals surface area contributed by atoms with E-state index in [-0.39, 0.29) is 0 Å². The molecule has 0 fully saturated rings. The van der Waals surface area contributed by atoms with Crippen LogP contribution in [-0.4, -0.2) is 13.1 Å². The van der Waals surface area contributed by atoms with E-state index in [0.717, 1.165) is 19.8 Å². The zero-order valence-electron chi connectivity index (χ0n) is 11.5. The molecule has 1 aromatic rings. The molecule has 1 N–H and O–H groups in total. The van der Waals surface area contributed by atoms with Gasteiger partial charge in [0.15, 0.2) is 0 Å². The zero-order chi connectivity index (χ0) is 12.6. The Morgan fingerprint density at radius 2 is 1.89 bits per heavy atom. The number of aryl methyl sites for hydroxylation is 1. The summed E-state index contributed by atoms with van der Waals surface area (Å²) in [6, 6.07) is 6.84. The molecular weight excluding hydrogens is 222 g/mol. The Bertz CT molecular complexity index is 362. The van der Waals surface area contributed by atoms with E-state index in [1.807, 2.05) is 0 Å². The summed E-state index contributed by atoms with van der Waals surface area (Å²) in [4.78, 5) is 0. The average molecular weight is 247 g/mol. The van der Waals surface area contributed by atoms with Gasteiger partial charge in [0.2, 0.25) is 0 Å². The van der Waals surface area contributed by atoms with Crippen LogP contribution in [0.1, 0.15) is 49.3 Å². The number of benzene rings is 1. The highest BCUT2D eigenvalue weighted by molar-refractivity contribution is 5.33. The van der Waals surface area contributed by atoms with Crippen molar-refractivity contribution in [3.8, 4) is 0 Å². The highest BCUT2D eigenvalue weighted by Crippen LogP contribution is 2.21. The minimum atomic E-state index is 0.806. The van der Waals surface area contributed by atoms with Crippen molar-refractivity contribution in [2.45, 2.75) is 52.2 Å². The van der Waals surface area contributed by atoms with Gasteiger partial charge < -0.3 is 10.1 Å². The van der Waals surface area contributed by atoms with Crippen LogP contribution >= 0.6 is 0 Å². The molecule has 0 aliphatic carbocycles. The molecular formula is C16H25NO. The van der Waals surface area contributed by atoms with E-state index in [0.29, 0.717) is 0 Å². The van der Waals surface area contributed by atoms with Crippen molar-refractivity contribution in [3.63, 3.8) is 0 Å². The second kappa shape index (κ2) is 7.55. The van der Waals surface area contributed by atoms with E-state index in [2.05, 4.69) is 30.4 Å². The van der Waals surface area contributed by atoms with E-state index < -0.39 is 0 Å². The Morgan fingerprint density at radius 1 is 1.06 bits per heavy atom. The topological polar surface area (TPSA) is 21.3 Å². The number of hydrogen-bond acceptors (Lipinski definition) is 2. The molecule has 1 heterocycles. The largest absolute Gasteiger partial charge is 0.372 e. The number of unbranched alkanes of at least 4 members (excludes halogenated alkanes) is 3. The Kier molecular flexibility index (Phi) is 5.69. The third-order valence-electron chi connectivity index (χ3n) is 3.60. The summed E-state index contributed by atoms with van der Waals surface area (Å²) in [5, 5.41) is 3.37. The number of nitrogens with one attached hydrogen (secondary N) is 1. The molecule has 0 unspecified atom stereocenters. The summed E-state index contributed by atoms with van der Waals surface area (Å²) in [7, 11) is 0. The van der Waals surface area contributed by atoms with Crippen LogP contribution in [0, 0.1) is 0 Å². The van der Waals surface area contributed by atoms with Crippen LogP contribution < -0.4 is 5.32 Å². The number of fused-ring (bicyclic) bond motifs is 1. The van der Waals surface area contributed by atoms with Gasteiger partial charge in [-0.1, -0.05) is 38.0 Å². The van der Waals surface area contributed by atoms with Crippen molar-refractivity contribution in [1.82, 2.24) is 5.32 Å². The van der Waals surface area contributed by atoms with Gasteiger partial charge in [-0.15, -0.1) is 0 Å². The number of ether oxygens (including phenoxy) is 1. The van der Waals surface area contributed by atoms with Crippen molar-refractivity contribution >= 4 is 0 Å². The Morgan fingerprint density at radius 3 is 2.78 bits per heavy atom. The van der Waals surface area contributed by atoms with Crippen molar-refractivity contribution in [1.29, 1.82) is 0 Å². The number of hydrogen-bond donors (Lipinski definition) is 1. The van der Waals surface area contributed by atoms with Gasteiger partial charge >= 0.3 is 0 Å². The molecule has 0 aromatic heterocycles. The van der Waals surface area contributed by atoms with Crippen LogP contribution in [0.15, 0.2) is 18.2 Å². The minimum Gasteiger partial charge on any atom is -0.372 e. The van der Waals surface area contributed by atoms with E-state index in [1.54, 1.807) is 0 Å². The van der Waals surface area contributed by atoms with E-state index in [1.165, 1.54) is 55.3 Å². The summed E-state index contributed by atoms with van der Waals surface area (Å²) in [5.41, 5.74) is 4.26. The normalized spacial score (nSPS) is 13.8. The zero-order valence-corrected chi connectivity index (χ0v) is 11.5. The summed E-state index contributed by atoms with van der Waals surface area (Å²) in [6.07, 6.45) is 6.53. The minimum absolute atomic E-state index is 0.806. The first-order valence-electron chi connectivity index (χ1n) is 7.29. The summed E-state index contributed by atoms with van der Waals surface area (Å²) < 4.78 is 5.44. The summed E-state index contributed by atoms with van der Waals surface area (Å²) in [6.45, 7) is 6.05. The molecule has 0 saturated carbocycles. The molecule has 2 heteroatoms. The predicted molar refractivity (Wildman–Crippen MR) is 75.7 cm³/mol.